The first-order valence-corrected chi connectivity index (χ1v) is 14.8. The number of rotatable bonds is 5. The van der Waals surface area contributed by atoms with Crippen LogP contribution >= 0.6 is 0 Å². The van der Waals surface area contributed by atoms with Gasteiger partial charge in [-0.2, -0.15) is 4.31 Å². The SMILES string of the molecule is COc1ccc(N2CCN(C(=O)[C@@H]3CCCN(S(=O)(=O)c4ccc5c(c4)CCCN5C(C)=O)C3)CC2)cc1. The summed E-state index contributed by atoms with van der Waals surface area (Å²) in [5.74, 6) is 0.482. The van der Waals surface area contributed by atoms with Gasteiger partial charge in [0.2, 0.25) is 21.8 Å². The molecule has 0 aliphatic carbocycles. The number of methoxy groups -OCH3 is 1. The minimum atomic E-state index is -3.74. The molecule has 3 heterocycles. The topological polar surface area (TPSA) is 90.5 Å². The number of amides is 2. The van der Waals surface area contributed by atoms with Gasteiger partial charge >= 0.3 is 0 Å². The van der Waals surface area contributed by atoms with E-state index in [0.717, 1.165) is 48.6 Å². The second kappa shape index (κ2) is 10.9. The minimum absolute atomic E-state index is 0.0382. The first-order valence-electron chi connectivity index (χ1n) is 13.4. The van der Waals surface area contributed by atoms with E-state index in [0.29, 0.717) is 39.0 Å². The van der Waals surface area contributed by atoms with E-state index in [-0.39, 0.29) is 29.2 Å². The number of hydrogen-bond donors (Lipinski definition) is 0. The molecule has 2 aromatic rings. The molecular weight excluding hydrogens is 504 g/mol. The molecule has 2 aromatic carbocycles. The van der Waals surface area contributed by atoms with Crippen molar-refractivity contribution in [3.05, 3.63) is 48.0 Å². The number of hydrogen-bond acceptors (Lipinski definition) is 6. The first-order chi connectivity index (χ1) is 18.3. The average molecular weight is 541 g/mol. The molecule has 0 N–H and O–H groups in total. The molecule has 2 saturated heterocycles. The van der Waals surface area contributed by atoms with Gasteiger partial charge in [-0.05, 0) is 73.7 Å². The Hall–Kier alpha value is -3.11. The van der Waals surface area contributed by atoms with Crippen molar-refractivity contribution in [3.8, 4) is 5.75 Å². The van der Waals surface area contributed by atoms with Crippen LogP contribution in [0.4, 0.5) is 11.4 Å². The molecule has 5 rings (SSSR count). The number of nitrogens with zero attached hydrogens (tertiary/aromatic N) is 4. The lowest BCUT2D eigenvalue weighted by Gasteiger charge is -2.39. The van der Waals surface area contributed by atoms with E-state index < -0.39 is 10.0 Å². The third-order valence-electron chi connectivity index (χ3n) is 7.95. The molecule has 0 spiro atoms. The summed E-state index contributed by atoms with van der Waals surface area (Å²) >= 11 is 0. The number of piperazine rings is 1. The number of fused-ring (bicyclic) bond motifs is 1. The van der Waals surface area contributed by atoms with Gasteiger partial charge in [0, 0.05) is 64.1 Å². The fourth-order valence-corrected chi connectivity index (χ4v) is 7.38. The standard InChI is InChI=1S/C28H36N4O5S/c1-21(33)32-14-4-5-22-19-26(11-12-27(22)32)38(35,36)31-13-3-6-23(20-31)28(34)30-17-15-29(16-18-30)24-7-9-25(37-2)10-8-24/h7-12,19,23H,3-6,13-18,20H2,1-2H3/t23-/m1/s1. The lowest BCUT2D eigenvalue weighted by Crippen LogP contribution is -2.53. The van der Waals surface area contributed by atoms with Gasteiger partial charge in [-0.1, -0.05) is 0 Å². The summed E-state index contributed by atoms with van der Waals surface area (Å²) in [7, 11) is -2.09. The molecule has 0 aromatic heterocycles. The van der Waals surface area contributed by atoms with Crippen molar-refractivity contribution in [1.29, 1.82) is 0 Å². The van der Waals surface area contributed by atoms with E-state index in [1.165, 1.54) is 11.2 Å². The van der Waals surface area contributed by atoms with E-state index in [4.69, 9.17) is 4.74 Å². The molecule has 0 saturated carbocycles. The van der Waals surface area contributed by atoms with Crippen LogP contribution < -0.4 is 14.5 Å². The van der Waals surface area contributed by atoms with Crippen molar-refractivity contribution in [2.24, 2.45) is 5.92 Å². The third-order valence-corrected chi connectivity index (χ3v) is 9.81. The molecule has 204 valence electrons. The van der Waals surface area contributed by atoms with E-state index in [2.05, 4.69) is 4.90 Å². The summed E-state index contributed by atoms with van der Waals surface area (Å²) in [5, 5.41) is 0. The lowest BCUT2D eigenvalue weighted by atomic mass is 9.97. The predicted octanol–water partition coefficient (Wildman–Crippen LogP) is 2.74. The van der Waals surface area contributed by atoms with Crippen molar-refractivity contribution in [1.82, 2.24) is 9.21 Å². The molecule has 10 heteroatoms. The number of anilines is 2. The predicted molar refractivity (Wildman–Crippen MR) is 146 cm³/mol. The van der Waals surface area contributed by atoms with Crippen LogP contribution in [-0.4, -0.2) is 82.4 Å². The fourth-order valence-electron chi connectivity index (χ4n) is 5.81. The van der Waals surface area contributed by atoms with E-state index in [9.17, 15) is 18.0 Å². The summed E-state index contributed by atoms with van der Waals surface area (Å²) in [6.45, 7) is 5.50. The molecule has 2 amide bonds. The van der Waals surface area contributed by atoms with Gasteiger partial charge in [0.1, 0.15) is 5.75 Å². The molecule has 9 nitrogen and oxygen atoms in total. The molecule has 3 aliphatic rings. The Balaban J connectivity index is 1.23. The smallest absolute Gasteiger partial charge is 0.243 e. The maximum Gasteiger partial charge on any atom is 0.243 e. The number of benzene rings is 2. The number of carbonyl (C=O) groups is 2. The second-order valence-corrected chi connectivity index (χ2v) is 12.2. The highest BCUT2D eigenvalue weighted by Crippen LogP contribution is 2.32. The Bertz CT molecular complexity index is 1290. The zero-order valence-electron chi connectivity index (χ0n) is 22.1. The van der Waals surface area contributed by atoms with E-state index >= 15 is 0 Å². The van der Waals surface area contributed by atoms with Crippen molar-refractivity contribution in [2.75, 3.05) is 62.7 Å². The normalized spacial score (nSPS) is 20.7. The highest BCUT2D eigenvalue weighted by atomic mass is 32.2. The Morgan fingerprint density at radius 1 is 0.921 bits per heavy atom. The van der Waals surface area contributed by atoms with Crippen LogP contribution in [0, 0.1) is 5.92 Å². The van der Waals surface area contributed by atoms with Crippen LogP contribution in [0.15, 0.2) is 47.4 Å². The second-order valence-electron chi connectivity index (χ2n) is 10.3. The number of sulfonamides is 1. The number of piperidine rings is 1. The van der Waals surface area contributed by atoms with Gasteiger partial charge < -0.3 is 19.4 Å². The van der Waals surface area contributed by atoms with Crippen molar-refractivity contribution >= 4 is 33.2 Å². The van der Waals surface area contributed by atoms with Crippen LogP contribution in [0.3, 0.4) is 0 Å². The third kappa shape index (κ3) is 5.24. The van der Waals surface area contributed by atoms with Crippen molar-refractivity contribution in [3.63, 3.8) is 0 Å². The highest BCUT2D eigenvalue weighted by Gasteiger charge is 2.36. The Labute approximate surface area is 225 Å². The van der Waals surface area contributed by atoms with E-state index in [1.807, 2.05) is 29.2 Å². The lowest BCUT2D eigenvalue weighted by molar-refractivity contribution is -0.137. The Morgan fingerprint density at radius 3 is 2.34 bits per heavy atom. The Morgan fingerprint density at radius 2 is 1.66 bits per heavy atom. The number of ether oxygens (including phenoxy) is 1. The van der Waals surface area contributed by atoms with Gasteiger partial charge in [0.15, 0.2) is 0 Å². The molecular formula is C28H36N4O5S. The van der Waals surface area contributed by atoms with E-state index in [1.54, 1.807) is 30.2 Å². The monoisotopic (exact) mass is 540 g/mol. The van der Waals surface area contributed by atoms with Gasteiger partial charge in [0.25, 0.3) is 0 Å². The molecule has 1 atom stereocenters. The number of aryl methyl sites for hydroxylation is 1. The summed E-state index contributed by atoms with van der Waals surface area (Å²) in [4.78, 5) is 31.5. The zero-order valence-corrected chi connectivity index (χ0v) is 23.0. The maximum atomic E-state index is 13.6. The summed E-state index contributed by atoms with van der Waals surface area (Å²) in [6, 6.07) is 13.0. The molecule has 3 aliphatic heterocycles. The fraction of sp³-hybridized carbons (Fsp3) is 0.500. The van der Waals surface area contributed by atoms with Gasteiger partial charge in [-0.25, -0.2) is 8.42 Å². The zero-order chi connectivity index (χ0) is 26.9. The van der Waals surface area contributed by atoms with Gasteiger partial charge in [-0.3, -0.25) is 9.59 Å². The first kappa shape index (κ1) is 26.5. The van der Waals surface area contributed by atoms with Gasteiger partial charge in [-0.15, -0.1) is 0 Å². The molecule has 2 fully saturated rings. The summed E-state index contributed by atoms with van der Waals surface area (Å²) in [5.41, 5.74) is 2.78. The Kier molecular flexibility index (Phi) is 7.63. The van der Waals surface area contributed by atoms with Crippen molar-refractivity contribution < 1.29 is 22.7 Å². The van der Waals surface area contributed by atoms with Crippen LogP contribution in [0.1, 0.15) is 31.7 Å². The average Bonchev–Trinajstić information content (AvgIpc) is 2.96. The van der Waals surface area contributed by atoms with Crippen molar-refractivity contribution in [2.45, 2.75) is 37.5 Å². The highest BCUT2D eigenvalue weighted by molar-refractivity contribution is 7.89. The van der Waals surface area contributed by atoms with Crippen LogP contribution in [-0.2, 0) is 26.0 Å². The largest absolute Gasteiger partial charge is 0.497 e. The van der Waals surface area contributed by atoms with Crippen LogP contribution in [0.25, 0.3) is 0 Å². The summed E-state index contributed by atoms with van der Waals surface area (Å²) < 4.78 is 33.9. The number of carbonyl (C=O) groups excluding carboxylic acids is 2. The van der Waals surface area contributed by atoms with Gasteiger partial charge in [0.05, 0.1) is 17.9 Å². The molecule has 0 unspecified atom stereocenters. The van der Waals surface area contributed by atoms with Crippen LogP contribution in [0.2, 0.25) is 0 Å². The molecule has 0 radical (unpaired) electrons. The van der Waals surface area contributed by atoms with Crippen LogP contribution in [0.5, 0.6) is 5.75 Å². The minimum Gasteiger partial charge on any atom is -0.497 e. The quantitative estimate of drug-likeness (QED) is 0.580. The molecule has 0 bridgehead atoms. The maximum absolute atomic E-state index is 13.6. The molecule has 38 heavy (non-hydrogen) atoms. The summed E-state index contributed by atoms with van der Waals surface area (Å²) in [6.07, 6.45) is 2.90.